The van der Waals surface area contributed by atoms with Crippen LogP contribution in [0, 0.1) is 0 Å². The van der Waals surface area contributed by atoms with Crippen LogP contribution in [0.2, 0.25) is 0 Å². The first-order valence-corrected chi connectivity index (χ1v) is 5.75. The van der Waals surface area contributed by atoms with Gasteiger partial charge < -0.3 is 10.2 Å². The maximum absolute atomic E-state index is 11.7. The number of rotatable bonds is 4. The van der Waals surface area contributed by atoms with Gasteiger partial charge in [-0.15, -0.1) is 0 Å². The zero-order valence-corrected chi connectivity index (χ0v) is 11.3. The van der Waals surface area contributed by atoms with Crippen LogP contribution in [-0.2, 0) is 9.59 Å². The number of amides is 2. The van der Waals surface area contributed by atoms with Crippen molar-refractivity contribution in [1.29, 1.82) is 0 Å². The van der Waals surface area contributed by atoms with Gasteiger partial charge >= 0.3 is 0 Å². The Hall–Kier alpha value is -1.06. The summed E-state index contributed by atoms with van der Waals surface area (Å²) in [6.07, 6.45) is 0.850. The summed E-state index contributed by atoms with van der Waals surface area (Å²) in [7, 11) is 0. The minimum Gasteiger partial charge on any atom is -0.350 e. The number of hydrogen-bond donors (Lipinski definition) is 1. The summed E-state index contributed by atoms with van der Waals surface area (Å²) >= 11 is 0. The molecule has 0 aliphatic rings. The zero-order valence-electron chi connectivity index (χ0n) is 11.3. The molecule has 2 amide bonds. The average molecular weight is 228 g/mol. The van der Waals surface area contributed by atoms with Crippen molar-refractivity contribution in [3.05, 3.63) is 0 Å². The van der Waals surface area contributed by atoms with Crippen molar-refractivity contribution in [2.24, 2.45) is 0 Å². The predicted molar refractivity (Wildman–Crippen MR) is 65.0 cm³/mol. The lowest BCUT2D eigenvalue weighted by Crippen LogP contribution is -2.49. The van der Waals surface area contributed by atoms with Gasteiger partial charge in [0.05, 0.1) is 6.54 Å². The second-order valence-corrected chi connectivity index (χ2v) is 5.20. The molecular weight excluding hydrogens is 204 g/mol. The van der Waals surface area contributed by atoms with Crippen molar-refractivity contribution < 1.29 is 9.59 Å². The van der Waals surface area contributed by atoms with Crippen LogP contribution in [0.3, 0.4) is 0 Å². The molecule has 0 saturated heterocycles. The van der Waals surface area contributed by atoms with Crippen LogP contribution < -0.4 is 5.32 Å². The van der Waals surface area contributed by atoms with Gasteiger partial charge in [0.1, 0.15) is 0 Å². The summed E-state index contributed by atoms with van der Waals surface area (Å²) in [5, 5.41) is 2.85. The first-order chi connectivity index (χ1) is 7.17. The molecule has 0 rings (SSSR count). The number of nitrogens with one attached hydrogen (secondary N) is 1. The third kappa shape index (κ3) is 5.73. The molecule has 0 spiro atoms. The lowest BCUT2D eigenvalue weighted by molar-refractivity contribution is -0.136. The van der Waals surface area contributed by atoms with Gasteiger partial charge in [-0.3, -0.25) is 9.59 Å². The number of nitrogens with zero attached hydrogens (tertiary/aromatic N) is 1. The second-order valence-electron chi connectivity index (χ2n) is 5.20. The third-order valence-corrected chi connectivity index (χ3v) is 2.36. The maximum Gasteiger partial charge on any atom is 0.240 e. The minimum absolute atomic E-state index is 0.0570. The standard InChI is InChI=1S/C12H24N2O2/c1-7-9(2)14(10(3)15)8-11(16)13-12(4,5)6/h9H,7-8H2,1-6H3,(H,13,16). The molecule has 0 aromatic rings. The maximum atomic E-state index is 11.7. The number of hydrogen-bond acceptors (Lipinski definition) is 2. The van der Waals surface area contributed by atoms with Gasteiger partial charge in [0, 0.05) is 18.5 Å². The van der Waals surface area contributed by atoms with E-state index in [0.29, 0.717) is 0 Å². The van der Waals surface area contributed by atoms with E-state index in [-0.39, 0.29) is 29.9 Å². The van der Waals surface area contributed by atoms with Gasteiger partial charge in [0.25, 0.3) is 0 Å². The first kappa shape index (κ1) is 14.9. The molecule has 0 saturated carbocycles. The highest BCUT2D eigenvalue weighted by atomic mass is 16.2. The van der Waals surface area contributed by atoms with Crippen molar-refractivity contribution in [2.75, 3.05) is 6.54 Å². The molecular formula is C12H24N2O2. The SMILES string of the molecule is CCC(C)N(CC(=O)NC(C)(C)C)C(C)=O. The fourth-order valence-electron chi connectivity index (χ4n) is 1.41. The number of carbonyl (C=O) groups is 2. The summed E-state index contributed by atoms with van der Waals surface area (Å²) in [5.74, 6) is -0.165. The van der Waals surface area contributed by atoms with E-state index in [4.69, 9.17) is 0 Å². The fraction of sp³-hybridized carbons (Fsp3) is 0.833. The lowest BCUT2D eigenvalue weighted by Gasteiger charge is -2.29. The Morgan fingerprint density at radius 3 is 2.12 bits per heavy atom. The Bertz CT molecular complexity index is 256. The second kappa shape index (κ2) is 5.87. The van der Waals surface area contributed by atoms with E-state index >= 15 is 0 Å². The van der Waals surface area contributed by atoms with Gasteiger partial charge in [0.15, 0.2) is 0 Å². The van der Waals surface area contributed by atoms with Crippen molar-refractivity contribution in [3.8, 4) is 0 Å². The molecule has 94 valence electrons. The lowest BCUT2D eigenvalue weighted by atomic mass is 10.1. The van der Waals surface area contributed by atoms with Crippen LogP contribution in [0.5, 0.6) is 0 Å². The highest BCUT2D eigenvalue weighted by Crippen LogP contribution is 2.05. The molecule has 0 aromatic heterocycles. The monoisotopic (exact) mass is 228 g/mol. The van der Waals surface area contributed by atoms with Gasteiger partial charge in [-0.2, -0.15) is 0 Å². The van der Waals surface area contributed by atoms with E-state index in [9.17, 15) is 9.59 Å². The third-order valence-electron chi connectivity index (χ3n) is 2.36. The van der Waals surface area contributed by atoms with E-state index in [0.717, 1.165) is 6.42 Å². The molecule has 0 heterocycles. The van der Waals surface area contributed by atoms with Gasteiger partial charge in [-0.05, 0) is 34.1 Å². The molecule has 0 fully saturated rings. The van der Waals surface area contributed by atoms with Crippen LogP contribution in [-0.4, -0.2) is 34.8 Å². The molecule has 1 N–H and O–H groups in total. The van der Waals surface area contributed by atoms with Gasteiger partial charge in [0.2, 0.25) is 11.8 Å². The highest BCUT2D eigenvalue weighted by molar-refractivity contribution is 5.84. The normalized spacial score (nSPS) is 13.1. The number of carbonyl (C=O) groups excluding carboxylic acids is 2. The van der Waals surface area contributed by atoms with E-state index in [1.54, 1.807) is 4.90 Å². The van der Waals surface area contributed by atoms with Gasteiger partial charge in [-0.25, -0.2) is 0 Å². The van der Waals surface area contributed by atoms with Crippen molar-refractivity contribution in [2.45, 2.75) is 59.5 Å². The Morgan fingerprint density at radius 1 is 1.31 bits per heavy atom. The van der Waals surface area contributed by atoms with Crippen LogP contribution in [0.4, 0.5) is 0 Å². The Balaban J connectivity index is 4.42. The van der Waals surface area contributed by atoms with Crippen LogP contribution >= 0.6 is 0 Å². The van der Waals surface area contributed by atoms with Crippen molar-refractivity contribution in [3.63, 3.8) is 0 Å². The van der Waals surface area contributed by atoms with Crippen molar-refractivity contribution in [1.82, 2.24) is 10.2 Å². The molecule has 0 aliphatic carbocycles. The zero-order chi connectivity index (χ0) is 12.9. The van der Waals surface area contributed by atoms with E-state index in [1.165, 1.54) is 6.92 Å². The molecule has 1 atom stereocenters. The van der Waals surface area contributed by atoms with Crippen LogP contribution in [0.15, 0.2) is 0 Å². The summed E-state index contributed by atoms with van der Waals surface area (Å²) in [6.45, 7) is 11.4. The molecule has 0 aromatic carbocycles. The molecule has 16 heavy (non-hydrogen) atoms. The highest BCUT2D eigenvalue weighted by Gasteiger charge is 2.21. The molecule has 0 aliphatic heterocycles. The fourth-order valence-corrected chi connectivity index (χ4v) is 1.41. The van der Waals surface area contributed by atoms with E-state index in [2.05, 4.69) is 5.32 Å². The summed E-state index contributed by atoms with van der Waals surface area (Å²) in [6, 6.07) is 0.100. The predicted octanol–water partition coefficient (Wildman–Crippen LogP) is 1.55. The molecule has 1 unspecified atom stereocenters. The van der Waals surface area contributed by atoms with Crippen molar-refractivity contribution >= 4 is 11.8 Å². The summed E-state index contributed by atoms with van der Waals surface area (Å²) in [4.78, 5) is 24.7. The Labute approximate surface area is 98.4 Å². The van der Waals surface area contributed by atoms with Gasteiger partial charge in [-0.1, -0.05) is 6.92 Å². The average Bonchev–Trinajstić information content (AvgIpc) is 2.09. The quantitative estimate of drug-likeness (QED) is 0.793. The summed E-state index contributed by atoms with van der Waals surface area (Å²) < 4.78 is 0. The topological polar surface area (TPSA) is 49.4 Å². The molecule has 4 heteroatoms. The molecule has 4 nitrogen and oxygen atoms in total. The van der Waals surface area contributed by atoms with E-state index in [1.807, 2.05) is 34.6 Å². The Morgan fingerprint density at radius 2 is 1.81 bits per heavy atom. The summed E-state index contributed by atoms with van der Waals surface area (Å²) in [5.41, 5.74) is -0.255. The molecule has 0 radical (unpaired) electrons. The minimum atomic E-state index is -0.255. The van der Waals surface area contributed by atoms with Crippen LogP contribution in [0.1, 0.15) is 48.0 Å². The van der Waals surface area contributed by atoms with E-state index < -0.39 is 0 Å². The largest absolute Gasteiger partial charge is 0.350 e. The molecule has 0 bridgehead atoms. The van der Waals surface area contributed by atoms with Crippen LogP contribution in [0.25, 0.3) is 0 Å². The Kier molecular flexibility index (Phi) is 5.48. The smallest absolute Gasteiger partial charge is 0.240 e. The first-order valence-electron chi connectivity index (χ1n) is 5.75.